The maximum atomic E-state index is 12.1. The SMILES string of the molecule is CCc1ccc(C(C)NC(=O)Nc2cccc(OC(C)=O)c2)cc1. The minimum Gasteiger partial charge on any atom is -0.427 e. The van der Waals surface area contributed by atoms with Gasteiger partial charge in [0, 0.05) is 18.7 Å². The zero-order valence-corrected chi connectivity index (χ0v) is 14.1. The first-order chi connectivity index (χ1) is 11.5. The minimum atomic E-state index is -0.402. The molecule has 0 aliphatic carbocycles. The Balaban J connectivity index is 1.95. The lowest BCUT2D eigenvalue weighted by molar-refractivity contribution is -0.131. The second-order valence-electron chi connectivity index (χ2n) is 5.54. The van der Waals surface area contributed by atoms with Gasteiger partial charge in [0.05, 0.1) is 6.04 Å². The van der Waals surface area contributed by atoms with E-state index in [-0.39, 0.29) is 12.1 Å². The van der Waals surface area contributed by atoms with Crippen molar-refractivity contribution >= 4 is 17.7 Å². The molecule has 0 saturated carbocycles. The number of esters is 1. The molecule has 2 aromatic rings. The monoisotopic (exact) mass is 326 g/mol. The van der Waals surface area contributed by atoms with E-state index in [0.29, 0.717) is 11.4 Å². The largest absolute Gasteiger partial charge is 0.427 e. The average Bonchev–Trinajstić information content (AvgIpc) is 2.54. The normalized spacial score (nSPS) is 11.5. The smallest absolute Gasteiger partial charge is 0.319 e. The fourth-order valence-corrected chi connectivity index (χ4v) is 2.29. The Kier molecular flexibility index (Phi) is 5.95. The Morgan fingerprint density at radius 1 is 1.12 bits per heavy atom. The van der Waals surface area contributed by atoms with Gasteiger partial charge in [0.1, 0.15) is 5.75 Å². The number of benzene rings is 2. The number of anilines is 1. The van der Waals surface area contributed by atoms with Crippen LogP contribution in [0.15, 0.2) is 48.5 Å². The van der Waals surface area contributed by atoms with Gasteiger partial charge in [-0.15, -0.1) is 0 Å². The third-order valence-corrected chi connectivity index (χ3v) is 3.59. The number of amides is 2. The summed E-state index contributed by atoms with van der Waals surface area (Å²) < 4.78 is 5.00. The molecular formula is C19H22N2O3. The third-order valence-electron chi connectivity index (χ3n) is 3.59. The van der Waals surface area contributed by atoms with Crippen LogP contribution < -0.4 is 15.4 Å². The van der Waals surface area contributed by atoms with E-state index in [4.69, 9.17) is 4.74 Å². The molecule has 0 bridgehead atoms. The van der Waals surface area contributed by atoms with Crippen LogP contribution in [0.1, 0.15) is 37.9 Å². The lowest BCUT2D eigenvalue weighted by Crippen LogP contribution is -2.31. The molecule has 5 heteroatoms. The molecule has 0 saturated heterocycles. The van der Waals surface area contributed by atoms with E-state index in [1.54, 1.807) is 24.3 Å². The summed E-state index contributed by atoms with van der Waals surface area (Å²) in [5.74, 6) is -0.00995. The molecule has 2 rings (SSSR count). The highest BCUT2D eigenvalue weighted by atomic mass is 16.5. The van der Waals surface area contributed by atoms with Crippen molar-refractivity contribution in [2.24, 2.45) is 0 Å². The summed E-state index contributed by atoms with van der Waals surface area (Å²) in [7, 11) is 0. The quantitative estimate of drug-likeness (QED) is 0.643. The summed E-state index contributed by atoms with van der Waals surface area (Å²) >= 11 is 0. The summed E-state index contributed by atoms with van der Waals surface area (Å²) in [6, 6.07) is 14.4. The van der Waals surface area contributed by atoms with Crippen LogP contribution in [0.3, 0.4) is 0 Å². The van der Waals surface area contributed by atoms with Crippen molar-refractivity contribution in [3.8, 4) is 5.75 Å². The molecule has 0 aliphatic rings. The van der Waals surface area contributed by atoms with Crippen LogP contribution in [0.5, 0.6) is 5.75 Å². The fraction of sp³-hybridized carbons (Fsp3) is 0.263. The van der Waals surface area contributed by atoms with Crippen molar-refractivity contribution in [2.45, 2.75) is 33.2 Å². The second-order valence-corrected chi connectivity index (χ2v) is 5.54. The number of rotatable bonds is 5. The number of aryl methyl sites for hydroxylation is 1. The van der Waals surface area contributed by atoms with E-state index >= 15 is 0 Å². The van der Waals surface area contributed by atoms with Gasteiger partial charge in [0.15, 0.2) is 0 Å². The summed E-state index contributed by atoms with van der Waals surface area (Å²) in [6.07, 6.45) is 0.987. The molecule has 1 unspecified atom stereocenters. The van der Waals surface area contributed by atoms with Gasteiger partial charge < -0.3 is 15.4 Å². The Morgan fingerprint density at radius 2 is 1.83 bits per heavy atom. The molecule has 126 valence electrons. The van der Waals surface area contributed by atoms with E-state index in [0.717, 1.165) is 12.0 Å². The van der Waals surface area contributed by atoms with E-state index in [2.05, 4.69) is 29.7 Å². The summed E-state index contributed by atoms with van der Waals surface area (Å²) in [5, 5.41) is 5.62. The molecule has 0 fully saturated rings. The molecule has 2 N–H and O–H groups in total. The van der Waals surface area contributed by atoms with Crippen molar-refractivity contribution in [3.05, 3.63) is 59.7 Å². The highest BCUT2D eigenvalue weighted by molar-refractivity contribution is 5.89. The zero-order chi connectivity index (χ0) is 17.5. The van der Waals surface area contributed by atoms with Crippen molar-refractivity contribution in [2.75, 3.05) is 5.32 Å². The standard InChI is InChI=1S/C19H22N2O3/c1-4-15-8-10-16(11-9-15)13(2)20-19(23)21-17-6-5-7-18(12-17)24-14(3)22/h5-13H,4H2,1-3H3,(H2,20,21,23). The van der Waals surface area contributed by atoms with E-state index in [1.807, 2.05) is 19.1 Å². The molecule has 2 amide bonds. The van der Waals surface area contributed by atoms with Gasteiger partial charge in [-0.25, -0.2) is 4.79 Å². The highest BCUT2D eigenvalue weighted by Gasteiger charge is 2.10. The number of urea groups is 1. The zero-order valence-electron chi connectivity index (χ0n) is 14.1. The summed E-state index contributed by atoms with van der Waals surface area (Å²) in [6.45, 7) is 5.36. The highest BCUT2D eigenvalue weighted by Crippen LogP contribution is 2.18. The Morgan fingerprint density at radius 3 is 2.46 bits per heavy atom. The van der Waals surface area contributed by atoms with Crippen LogP contribution in [0.25, 0.3) is 0 Å². The van der Waals surface area contributed by atoms with Crippen LogP contribution in [-0.2, 0) is 11.2 Å². The van der Waals surface area contributed by atoms with E-state index < -0.39 is 5.97 Å². The average molecular weight is 326 g/mol. The van der Waals surface area contributed by atoms with Gasteiger partial charge in [0.2, 0.25) is 0 Å². The Bertz CT molecular complexity index is 711. The van der Waals surface area contributed by atoms with Crippen LogP contribution >= 0.6 is 0 Å². The summed E-state index contributed by atoms with van der Waals surface area (Å²) in [5.41, 5.74) is 2.86. The van der Waals surface area contributed by atoms with Crippen molar-refractivity contribution in [3.63, 3.8) is 0 Å². The molecule has 0 heterocycles. The second kappa shape index (κ2) is 8.15. The number of carbonyl (C=O) groups excluding carboxylic acids is 2. The first-order valence-corrected chi connectivity index (χ1v) is 7.92. The first-order valence-electron chi connectivity index (χ1n) is 7.92. The molecule has 24 heavy (non-hydrogen) atoms. The van der Waals surface area contributed by atoms with Crippen molar-refractivity contribution in [1.29, 1.82) is 0 Å². The van der Waals surface area contributed by atoms with Crippen LogP contribution in [0.2, 0.25) is 0 Å². The van der Waals surface area contributed by atoms with Gasteiger partial charge in [-0.3, -0.25) is 4.79 Å². The first kappa shape index (κ1) is 17.5. The van der Waals surface area contributed by atoms with Gasteiger partial charge >= 0.3 is 12.0 Å². The van der Waals surface area contributed by atoms with Crippen molar-refractivity contribution < 1.29 is 14.3 Å². The maximum Gasteiger partial charge on any atom is 0.319 e. The van der Waals surface area contributed by atoms with Gasteiger partial charge in [-0.1, -0.05) is 37.3 Å². The predicted molar refractivity (Wildman–Crippen MR) is 94.1 cm³/mol. The number of nitrogens with one attached hydrogen (secondary N) is 2. The summed E-state index contributed by atoms with van der Waals surface area (Å²) in [4.78, 5) is 23.1. The fourth-order valence-electron chi connectivity index (χ4n) is 2.29. The molecule has 0 spiro atoms. The van der Waals surface area contributed by atoms with Crippen molar-refractivity contribution in [1.82, 2.24) is 5.32 Å². The molecular weight excluding hydrogens is 304 g/mol. The van der Waals surface area contributed by atoms with Gasteiger partial charge in [-0.05, 0) is 36.6 Å². The van der Waals surface area contributed by atoms with Gasteiger partial charge in [-0.2, -0.15) is 0 Å². The molecule has 0 aliphatic heterocycles. The molecule has 1 atom stereocenters. The molecule has 0 radical (unpaired) electrons. The van der Waals surface area contributed by atoms with Crippen LogP contribution in [-0.4, -0.2) is 12.0 Å². The Labute approximate surface area is 142 Å². The molecule has 5 nitrogen and oxygen atoms in total. The number of ether oxygens (including phenoxy) is 1. The Hall–Kier alpha value is -2.82. The minimum absolute atomic E-state index is 0.118. The van der Waals surface area contributed by atoms with E-state index in [9.17, 15) is 9.59 Å². The maximum absolute atomic E-state index is 12.1. The van der Waals surface area contributed by atoms with Crippen LogP contribution in [0, 0.1) is 0 Å². The number of carbonyl (C=O) groups is 2. The van der Waals surface area contributed by atoms with Crippen LogP contribution in [0.4, 0.5) is 10.5 Å². The van der Waals surface area contributed by atoms with E-state index in [1.165, 1.54) is 12.5 Å². The topological polar surface area (TPSA) is 67.4 Å². The lowest BCUT2D eigenvalue weighted by Gasteiger charge is -2.15. The third kappa shape index (κ3) is 5.12. The number of hydrogen-bond acceptors (Lipinski definition) is 3. The lowest BCUT2D eigenvalue weighted by atomic mass is 10.1. The molecule has 0 aromatic heterocycles. The number of hydrogen-bond donors (Lipinski definition) is 2. The molecule has 2 aromatic carbocycles. The predicted octanol–water partition coefficient (Wildman–Crippen LogP) is 4.06. The van der Waals surface area contributed by atoms with Gasteiger partial charge in [0.25, 0.3) is 0 Å².